The van der Waals surface area contributed by atoms with Crippen LogP contribution < -0.4 is 10.1 Å². The average molecular weight is 272 g/mol. The van der Waals surface area contributed by atoms with Crippen LogP contribution in [0.15, 0.2) is 24.3 Å². The molecule has 0 saturated carbocycles. The van der Waals surface area contributed by atoms with E-state index in [1.807, 2.05) is 18.2 Å². The van der Waals surface area contributed by atoms with Gasteiger partial charge in [0.1, 0.15) is 5.75 Å². The van der Waals surface area contributed by atoms with E-state index in [9.17, 15) is 0 Å². The van der Waals surface area contributed by atoms with Crippen molar-refractivity contribution < 1.29 is 4.74 Å². The summed E-state index contributed by atoms with van der Waals surface area (Å²) >= 11 is 0. The van der Waals surface area contributed by atoms with Crippen molar-refractivity contribution in [2.24, 2.45) is 0 Å². The molecule has 1 aromatic heterocycles. The van der Waals surface area contributed by atoms with Gasteiger partial charge in [-0.15, -0.1) is 0 Å². The van der Waals surface area contributed by atoms with E-state index in [1.165, 1.54) is 0 Å². The van der Waals surface area contributed by atoms with Crippen LogP contribution in [0, 0.1) is 0 Å². The van der Waals surface area contributed by atoms with Gasteiger partial charge in [-0.2, -0.15) is 0 Å². The first-order valence-corrected chi connectivity index (χ1v) is 7.19. The minimum atomic E-state index is 0.0385. The number of benzene rings is 1. The fourth-order valence-electron chi connectivity index (χ4n) is 2.12. The summed E-state index contributed by atoms with van der Waals surface area (Å²) < 4.78 is 5.32. The highest BCUT2D eigenvalue weighted by Gasteiger charge is 2.18. The van der Waals surface area contributed by atoms with Crippen LogP contribution in [-0.2, 0) is 5.41 Å². The molecule has 0 radical (unpaired) electrons. The molecule has 0 unspecified atom stereocenters. The molecule has 0 aliphatic heterocycles. The Morgan fingerprint density at radius 3 is 2.55 bits per heavy atom. The van der Waals surface area contributed by atoms with Crippen molar-refractivity contribution in [1.82, 2.24) is 4.98 Å². The van der Waals surface area contributed by atoms with Crippen molar-refractivity contribution in [3.8, 4) is 5.75 Å². The summed E-state index contributed by atoms with van der Waals surface area (Å²) in [5, 5.41) is 4.62. The Balaban J connectivity index is 2.61. The van der Waals surface area contributed by atoms with Gasteiger partial charge < -0.3 is 10.1 Å². The molecule has 1 heterocycles. The molecule has 1 N–H and O–H groups in total. The van der Waals surface area contributed by atoms with Crippen molar-refractivity contribution in [3.05, 3.63) is 30.0 Å². The molecule has 3 heteroatoms. The summed E-state index contributed by atoms with van der Waals surface area (Å²) in [6.45, 7) is 9.69. The highest BCUT2D eigenvalue weighted by atomic mass is 16.5. The number of hydrogen-bond donors (Lipinski definition) is 1. The van der Waals surface area contributed by atoms with Gasteiger partial charge in [-0.05, 0) is 30.7 Å². The Hall–Kier alpha value is -1.77. The smallest absolute Gasteiger partial charge is 0.119 e. The van der Waals surface area contributed by atoms with Crippen molar-refractivity contribution in [2.45, 2.75) is 39.5 Å². The van der Waals surface area contributed by atoms with Gasteiger partial charge in [-0.25, -0.2) is 0 Å². The van der Waals surface area contributed by atoms with Gasteiger partial charge >= 0.3 is 0 Å². The number of fused-ring (bicyclic) bond motifs is 1. The maximum Gasteiger partial charge on any atom is 0.119 e. The summed E-state index contributed by atoms with van der Waals surface area (Å²) in [4.78, 5) is 4.80. The fraction of sp³-hybridized carbons (Fsp3) is 0.471. The zero-order chi connectivity index (χ0) is 14.8. The number of anilines is 1. The second-order valence-electron chi connectivity index (χ2n) is 6.11. The first-order valence-electron chi connectivity index (χ1n) is 7.19. The molecule has 3 nitrogen and oxygen atoms in total. The lowest BCUT2D eigenvalue weighted by Crippen LogP contribution is -2.14. The van der Waals surface area contributed by atoms with E-state index in [0.717, 1.165) is 41.0 Å². The molecule has 0 amide bonds. The number of ether oxygens (including phenoxy) is 1. The summed E-state index contributed by atoms with van der Waals surface area (Å²) in [5.41, 5.74) is 3.29. The number of methoxy groups -OCH3 is 1. The lowest BCUT2D eigenvalue weighted by atomic mass is 9.90. The molecule has 2 aromatic rings. The average Bonchev–Trinajstić information content (AvgIpc) is 2.42. The molecule has 0 spiro atoms. The molecule has 1 aromatic carbocycles. The summed E-state index contributed by atoms with van der Waals surface area (Å²) in [5.74, 6) is 0.863. The monoisotopic (exact) mass is 272 g/mol. The third-order valence-electron chi connectivity index (χ3n) is 3.35. The maximum absolute atomic E-state index is 5.32. The van der Waals surface area contributed by atoms with Crippen molar-refractivity contribution in [3.63, 3.8) is 0 Å². The van der Waals surface area contributed by atoms with Crippen molar-refractivity contribution in [1.29, 1.82) is 0 Å². The number of nitrogens with zero attached hydrogens (tertiary/aromatic N) is 1. The number of aromatic nitrogens is 1. The molecule has 20 heavy (non-hydrogen) atoms. The number of hydrogen-bond acceptors (Lipinski definition) is 3. The van der Waals surface area contributed by atoms with Crippen LogP contribution in [0.1, 0.15) is 39.8 Å². The Bertz CT molecular complexity index is 600. The van der Waals surface area contributed by atoms with Gasteiger partial charge in [0.2, 0.25) is 0 Å². The third kappa shape index (κ3) is 3.03. The van der Waals surface area contributed by atoms with E-state index in [-0.39, 0.29) is 5.41 Å². The van der Waals surface area contributed by atoms with Gasteiger partial charge in [0, 0.05) is 28.7 Å². The maximum atomic E-state index is 5.32. The zero-order valence-electron chi connectivity index (χ0n) is 13.1. The first-order chi connectivity index (χ1) is 9.45. The van der Waals surface area contributed by atoms with E-state index < -0.39 is 0 Å². The number of rotatable bonds is 4. The van der Waals surface area contributed by atoms with Gasteiger partial charge in [0.05, 0.1) is 12.6 Å². The topological polar surface area (TPSA) is 34.2 Å². The molecule has 0 aliphatic carbocycles. The second kappa shape index (κ2) is 5.70. The van der Waals surface area contributed by atoms with Crippen LogP contribution >= 0.6 is 0 Å². The quantitative estimate of drug-likeness (QED) is 0.897. The standard InChI is InChI=1S/C17H24N2O/c1-6-9-18-15-11-16(17(2,3)4)19-14-8-7-12(20-5)10-13(14)15/h7-8,10-11H,6,9H2,1-5H3,(H,18,19). The molecule has 108 valence electrons. The summed E-state index contributed by atoms with van der Waals surface area (Å²) in [7, 11) is 1.69. The second-order valence-corrected chi connectivity index (χ2v) is 6.11. The molecule has 0 saturated heterocycles. The number of pyridine rings is 1. The largest absolute Gasteiger partial charge is 0.497 e. The molecule has 0 atom stereocenters. The molecular formula is C17H24N2O. The van der Waals surface area contributed by atoms with Crippen LogP contribution in [0.25, 0.3) is 10.9 Å². The van der Waals surface area contributed by atoms with Crippen molar-refractivity contribution in [2.75, 3.05) is 19.0 Å². The van der Waals surface area contributed by atoms with E-state index in [1.54, 1.807) is 7.11 Å². The van der Waals surface area contributed by atoms with Gasteiger partial charge in [-0.1, -0.05) is 27.7 Å². The van der Waals surface area contributed by atoms with Crippen LogP contribution in [0.4, 0.5) is 5.69 Å². The fourth-order valence-corrected chi connectivity index (χ4v) is 2.12. The molecule has 0 aliphatic rings. The van der Waals surface area contributed by atoms with E-state index in [0.29, 0.717) is 0 Å². The predicted octanol–water partition coefficient (Wildman–Crippen LogP) is 4.36. The van der Waals surface area contributed by atoms with Gasteiger partial charge in [0.25, 0.3) is 0 Å². The minimum absolute atomic E-state index is 0.0385. The molecule has 0 fully saturated rings. The third-order valence-corrected chi connectivity index (χ3v) is 3.35. The Morgan fingerprint density at radius 2 is 1.95 bits per heavy atom. The lowest BCUT2D eigenvalue weighted by Gasteiger charge is -2.20. The van der Waals surface area contributed by atoms with Crippen LogP contribution in [0.3, 0.4) is 0 Å². The highest BCUT2D eigenvalue weighted by molar-refractivity contribution is 5.92. The van der Waals surface area contributed by atoms with Crippen LogP contribution in [0.5, 0.6) is 5.75 Å². The Labute approximate surface area is 121 Å². The van der Waals surface area contributed by atoms with E-state index in [4.69, 9.17) is 9.72 Å². The van der Waals surface area contributed by atoms with Gasteiger partial charge in [-0.3, -0.25) is 4.98 Å². The first kappa shape index (κ1) is 14.6. The van der Waals surface area contributed by atoms with Crippen LogP contribution in [-0.4, -0.2) is 18.6 Å². The van der Waals surface area contributed by atoms with E-state index in [2.05, 4.69) is 39.1 Å². The molecule has 2 rings (SSSR count). The predicted molar refractivity (Wildman–Crippen MR) is 85.8 cm³/mol. The molecular weight excluding hydrogens is 248 g/mol. The van der Waals surface area contributed by atoms with Gasteiger partial charge in [0.15, 0.2) is 0 Å². The van der Waals surface area contributed by atoms with Crippen molar-refractivity contribution >= 4 is 16.6 Å². The number of nitrogens with one attached hydrogen (secondary N) is 1. The minimum Gasteiger partial charge on any atom is -0.497 e. The lowest BCUT2D eigenvalue weighted by molar-refractivity contribution is 0.415. The Morgan fingerprint density at radius 1 is 1.20 bits per heavy atom. The zero-order valence-corrected chi connectivity index (χ0v) is 13.1. The highest BCUT2D eigenvalue weighted by Crippen LogP contribution is 2.31. The SMILES string of the molecule is CCCNc1cc(C(C)(C)C)nc2ccc(OC)cc12. The van der Waals surface area contributed by atoms with Crippen LogP contribution in [0.2, 0.25) is 0 Å². The van der Waals surface area contributed by atoms with E-state index >= 15 is 0 Å². The summed E-state index contributed by atoms with van der Waals surface area (Å²) in [6, 6.07) is 8.20. The molecule has 0 bridgehead atoms. The Kier molecular flexibility index (Phi) is 4.17. The normalized spacial score (nSPS) is 11.7. The summed E-state index contributed by atoms with van der Waals surface area (Å²) in [6.07, 6.45) is 1.10.